The number of hydrogen-bond acceptors (Lipinski definition) is 5. The van der Waals surface area contributed by atoms with E-state index in [1.54, 1.807) is 61.7 Å². The van der Waals surface area contributed by atoms with E-state index in [0.717, 1.165) is 21.7 Å². The van der Waals surface area contributed by atoms with Gasteiger partial charge in [0.15, 0.2) is 0 Å². The van der Waals surface area contributed by atoms with Crippen molar-refractivity contribution in [3.63, 3.8) is 0 Å². The normalized spacial score (nSPS) is 11.7. The van der Waals surface area contributed by atoms with E-state index >= 15 is 0 Å². The fraction of sp³-hybridized carbons (Fsp3) is 0.0789. The third kappa shape index (κ3) is 8.31. The maximum atomic E-state index is 13.7. The van der Waals surface area contributed by atoms with Crippen molar-refractivity contribution >= 4 is 46.9 Å². The SMILES string of the molecule is COc1ccccc1/C=C(/NC(=O)c1ccccc1)C(=O)Nc1cccc(SC(C(=O)Nc2ccccc2C)c2ccccc2)c1. The molecule has 46 heavy (non-hydrogen) atoms. The van der Waals surface area contributed by atoms with E-state index in [1.807, 2.05) is 91.9 Å². The highest BCUT2D eigenvalue weighted by molar-refractivity contribution is 8.00. The minimum Gasteiger partial charge on any atom is -0.496 e. The number of benzene rings is 5. The summed E-state index contributed by atoms with van der Waals surface area (Å²) in [6.07, 6.45) is 1.58. The van der Waals surface area contributed by atoms with Crippen LogP contribution in [0, 0.1) is 6.92 Å². The number of thioether (sulfide) groups is 1. The Hall–Kier alpha value is -5.60. The molecular formula is C38H33N3O4S. The van der Waals surface area contributed by atoms with Gasteiger partial charge < -0.3 is 20.7 Å². The van der Waals surface area contributed by atoms with Crippen LogP contribution in [0.3, 0.4) is 0 Å². The van der Waals surface area contributed by atoms with Crippen LogP contribution in [0.1, 0.15) is 32.3 Å². The zero-order valence-corrected chi connectivity index (χ0v) is 26.2. The topological polar surface area (TPSA) is 96.5 Å². The molecule has 0 aliphatic rings. The second kappa shape index (κ2) is 15.4. The molecule has 0 aliphatic carbocycles. The van der Waals surface area contributed by atoms with E-state index in [9.17, 15) is 14.4 Å². The highest BCUT2D eigenvalue weighted by Gasteiger charge is 2.23. The Labute approximate surface area is 272 Å². The number of aryl methyl sites for hydroxylation is 1. The number of hydrogen-bond donors (Lipinski definition) is 3. The van der Waals surface area contributed by atoms with Crippen LogP contribution >= 0.6 is 11.8 Å². The van der Waals surface area contributed by atoms with E-state index in [0.29, 0.717) is 22.6 Å². The Morgan fingerprint density at radius 1 is 0.739 bits per heavy atom. The average Bonchev–Trinajstić information content (AvgIpc) is 3.09. The number of rotatable bonds is 11. The molecule has 7 nitrogen and oxygen atoms in total. The highest BCUT2D eigenvalue weighted by atomic mass is 32.2. The minimum atomic E-state index is -0.557. The molecule has 1 atom stereocenters. The number of methoxy groups -OCH3 is 1. The molecule has 5 rings (SSSR count). The molecule has 0 saturated heterocycles. The van der Waals surface area contributed by atoms with Crippen LogP contribution in [0.2, 0.25) is 0 Å². The summed E-state index contributed by atoms with van der Waals surface area (Å²) < 4.78 is 5.46. The van der Waals surface area contributed by atoms with Crippen molar-refractivity contribution < 1.29 is 19.1 Å². The molecule has 0 fully saturated rings. The predicted octanol–water partition coefficient (Wildman–Crippen LogP) is 7.89. The van der Waals surface area contributed by atoms with Gasteiger partial charge in [0.1, 0.15) is 16.7 Å². The van der Waals surface area contributed by atoms with Gasteiger partial charge in [-0.1, -0.05) is 91.0 Å². The molecular weight excluding hydrogens is 595 g/mol. The maximum absolute atomic E-state index is 13.7. The van der Waals surface area contributed by atoms with Crippen LogP contribution in [0.5, 0.6) is 5.75 Å². The molecule has 5 aromatic carbocycles. The lowest BCUT2D eigenvalue weighted by Crippen LogP contribution is -2.30. The van der Waals surface area contributed by atoms with Crippen molar-refractivity contribution in [2.24, 2.45) is 0 Å². The predicted molar refractivity (Wildman–Crippen MR) is 185 cm³/mol. The first-order valence-corrected chi connectivity index (χ1v) is 15.5. The van der Waals surface area contributed by atoms with Crippen LogP contribution in [0.4, 0.5) is 11.4 Å². The fourth-order valence-corrected chi connectivity index (χ4v) is 5.76. The van der Waals surface area contributed by atoms with Gasteiger partial charge in [-0.05, 0) is 66.6 Å². The summed E-state index contributed by atoms with van der Waals surface area (Å²) in [5.41, 5.74) is 4.14. The number of anilines is 2. The summed E-state index contributed by atoms with van der Waals surface area (Å²) in [4.78, 5) is 41.1. The van der Waals surface area contributed by atoms with Gasteiger partial charge in [0.05, 0.1) is 7.11 Å². The third-order valence-corrected chi connectivity index (χ3v) is 8.30. The number of para-hydroxylation sites is 2. The van der Waals surface area contributed by atoms with Crippen LogP contribution in [-0.4, -0.2) is 24.8 Å². The van der Waals surface area contributed by atoms with E-state index in [4.69, 9.17) is 4.74 Å². The Morgan fingerprint density at radius 3 is 2.15 bits per heavy atom. The number of ether oxygens (including phenoxy) is 1. The van der Waals surface area contributed by atoms with Crippen molar-refractivity contribution in [3.05, 3.63) is 161 Å². The van der Waals surface area contributed by atoms with Crippen molar-refractivity contribution in [1.82, 2.24) is 5.32 Å². The first-order valence-electron chi connectivity index (χ1n) is 14.6. The van der Waals surface area contributed by atoms with Gasteiger partial charge in [0.25, 0.3) is 11.8 Å². The fourth-order valence-electron chi connectivity index (χ4n) is 4.68. The first kappa shape index (κ1) is 31.8. The Morgan fingerprint density at radius 2 is 1.41 bits per heavy atom. The molecule has 0 bridgehead atoms. The van der Waals surface area contributed by atoms with Crippen LogP contribution < -0.4 is 20.7 Å². The first-order chi connectivity index (χ1) is 22.4. The van der Waals surface area contributed by atoms with E-state index in [-0.39, 0.29) is 11.6 Å². The van der Waals surface area contributed by atoms with Gasteiger partial charge in [-0.3, -0.25) is 14.4 Å². The summed E-state index contributed by atoms with van der Waals surface area (Å²) in [7, 11) is 1.54. The molecule has 0 spiro atoms. The maximum Gasteiger partial charge on any atom is 0.272 e. The molecule has 5 aromatic rings. The third-order valence-electron chi connectivity index (χ3n) is 7.06. The van der Waals surface area contributed by atoms with E-state index in [1.165, 1.54) is 11.8 Å². The smallest absolute Gasteiger partial charge is 0.272 e. The van der Waals surface area contributed by atoms with E-state index < -0.39 is 17.1 Å². The Balaban J connectivity index is 1.39. The van der Waals surface area contributed by atoms with E-state index in [2.05, 4.69) is 16.0 Å². The van der Waals surface area contributed by atoms with Crippen LogP contribution in [-0.2, 0) is 9.59 Å². The van der Waals surface area contributed by atoms with Gasteiger partial charge >= 0.3 is 0 Å². The molecule has 0 saturated carbocycles. The molecule has 0 heterocycles. The molecule has 0 aliphatic heterocycles. The van der Waals surface area contributed by atoms with Gasteiger partial charge in [-0.15, -0.1) is 11.8 Å². The Bertz CT molecular complexity index is 1860. The Kier molecular flexibility index (Phi) is 10.7. The average molecular weight is 628 g/mol. The lowest BCUT2D eigenvalue weighted by atomic mass is 10.1. The molecule has 8 heteroatoms. The molecule has 0 aromatic heterocycles. The highest BCUT2D eigenvalue weighted by Crippen LogP contribution is 2.37. The van der Waals surface area contributed by atoms with Crippen LogP contribution in [0.25, 0.3) is 6.08 Å². The van der Waals surface area contributed by atoms with Crippen molar-refractivity contribution in [2.45, 2.75) is 17.1 Å². The lowest BCUT2D eigenvalue weighted by molar-refractivity contribution is -0.116. The summed E-state index contributed by atoms with van der Waals surface area (Å²) in [5, 5.41) is 8.18. The lowest BCUT2D eigenvalue weighted by Gasteiger charge is -2.18. The van der Waals surface area contributed by atoms with Gasteiger partial charge in [0, 0.05) is 27.4 Å². The molecule has 1 unspecified atom stereocenters. The van der Waals surface area contributed by atoms with Crippen molar-refractivity contribution in [2.75, 3.05) is 17.7 Å². The second-order valence-corrected chi connectivity index (χ2v) is 11.5. The molecule has 0 radical (unpaired) electrons. The van der Waals surface area contributed by atoms with Gasteiger partial charge in [0.2, 0.25) is 5.91 Å². The van der Waals surface area contributed by atoms with Crippen LogP contribution in [0.15, 0.2) is 144 Å². The minimum absolute atomic E-state index is 0.0381. The zero-order chi connectivity index (χ0) is 32.3. The second-order valence-electron chi connectivity index (χ2n) is 10.3. The quantitative estimate of drug-likeness (QED) is 0.102. The number of nitrogens with one attached hydrogen (secondary N) is 3. The largest absolute Gasteiger partial charge is 0.496 e. The van der Waals surface area contributed by atoms with Crippen molar-refractivity contribution in [3.8, 4) is 5.75 Å². The molecule has 3 N–H and O–H groups in total. The summed E-state index contributed by atoms with van der Waals surface area (Å²) in [6.45, 7) is 1.95. The van der Waals surface area contributed by atoms with Gasteiger partial charge in [-0.2, -0.15) is 0 Å². The molecule has 3 amide bonds. The number of carbonyl (C=O) groups is 3. The zero-order valence-electron chi connectivity index (χ0n) is 25.4. The standard InChI is InChI=1S/C38H33N3O4S/c1-26-14-9-11-22-32(26)40-38(44)35(27-15-5-3-6-16-27)46-31-21-13-20-30(25-31)39-37(43)33(24-29-19-10-12-23-34(29)45-2)41-36(42)28-17-7-4-8-18-28/h3-25,35H,1-2H3,(H,39,43)(H,40,44)(H,41,42)/b33-24+. The number of amides is 3. The number of carbonyl (C=O) groups excluding carboxylic acids is 3. The summed E-state index contributed by atoms with van der Waals surface area (Å²) >= 11 is 1.38. The summed E-state index contributed by atoms with van der Waals surface area (Å²) in [5.74, 6) is -0.553. The van der Waals surface area contributed by atoms with Crippen molar-refractivity contribution in [1.29, 1.82) is 0 Å². The summed E-state index contributed by atoms with van der Waals surface area (Å²) in [6, 6.07) is 40.4. The molecule has 230 valence electrons. The monoisotopic (exact) mass is 627 g/mol. The van der Waals surface area contributed by atoms with Gasteiger partial charge in [-0.25, -0.2) is 0 Å².